The maximum atomic E-state index is 12.5. The Bertz CT molecular complexity index is 1360. The minimum Gasteiger partial charge on any atom is -0.462 e. The largest absolute Gasteiger partial charge is 0.462 e. The number of carbonyl (C=O) groups is 3. The predicted octanol–water partition coefficient (Wildman–Crippen LogP) is 1.46. The lowest BCUT2D eigenvalue weighted by Gasteiger charge is -2.05. The van der Waals surface area contributed by atoms with Crippen molar-refractivity contribution in [1.29, 1.82) is 0 Å². The van der Waals surface area contributed by atoms with Gasteiger partial charge in [-0.2, -0.15) is 4.99 Å². The Balaban J connectivity index is 1.84. The highest BCUT2D eigenvalue weighted by Gasteiger charge is 2.22. The molecule has 0 saturated carbocycles. The topological polar surface area (TPSA) is 146 Å². The molecule has 0 aliphatic rings. The van der Waals surface area contributed by atoms with Gasteiger partial charge in [0.15, 0.2) is 19.8 Å². The Morgan fingerprint density at radius 1 is 1.24 bits per heavy atom. The number of nitrogens with zero attached hydrogens (tertiary/aromatic N) is 3. The van der Waals surface area contributed by atoms with Gasteiger partial charge in [0.05, 0.1) is 29.0 Å². The SMILES string of the molecule is CCOC(=O)c1ccc2c(c1)sc(=NC(=O)CS(=O)(=O)CC(=O)Nc1nccs1)n2CCOC. The summed E-state index contributed by atoms with van der Waals surface area (Å²) < 4.78 is 37.2. The van der Waals surface area contributed by atoms with Crippen LogP contribution in [-0.2, 0) is 35.4 Å². The number of hydrogen-bond donors (Lipinski definition) is 1. The Hall–Kier alpha value is -2.94. The molecule has 1 N–H and O–H groups in total. The first-order chi connectivity index (χ1) is 16.2. The van der Waals surface area contributed by atoms with E-state index in [1.807, 2.05) is 0 Å². The molecule has 0 aliphatic carbocycles. The smallest absolute Gasteiger partial charge is 0.338 e. The average Bonchev–Trinajstić information content (AvgIpc) is 3.38. The van der Waals surface area contributed by atoms with Gasteiger partial charge in [0.2, 0.25) is 5.91 Å². The Morgan fingerprint density at radius 2 is 2.03 bits per heavy atom. The third-order valence-electron chi connectivity index (χ3n) is 4.31. The van der Waals surface area contributed by atoms with Crippen LogP contribution < -0.4 is 10.1 Å². The number of nitrogens with one attached hydrogen (secondary N) is 1. The monoisotopic (exact) mass is 526 g/mol. The summed E-state index contributed by atoms with van der Waals surface area (Å²) >= 11 is 2.27. The van der Waals surface area contributed by atoms with Crippen molar-refractivity contribution < 1.29 is 32.3 Å². The van der Waals surface area contributed by atoms with E-state index in [2.05, 4.69) is 15.3 Å². The third kappa shape index (κ3) is 6.79. The van der Waals surface area contributed by atoms with Crippen LogP contribution >= 0.6 is 22.7 Å². The number of rotatable bonds is 10. The molecule has 0 spiro atoms. The van der Waals surface area contributed by atoms with Crippen LogP contribution in [0, 0.1) is 0 Å². The van der Waals surface area contributed by atoms with Crippen LogP contribution in [0.15, 0.2) is 34.8 Å². The standard InChI is InChI=1S/C20H22N4O7S3/c1-3-31-18(27)13-4-5-14-15(10-13)33-20(24(14)7-8-30-2)23-17(26)12-34(28,29)11-16(25)22-19-21-6-9-32-19/h4-6,9-10H,3,7-8,11-12H2,1-2H3,(H,21,22,25). The van der Waals surface area contributed by atoms with E-state index in [9.17, 15) is 22.8 Å². The van der Waals surface area contributed by atoms with Gasteiger partial charge in [-0.3, -0.25) is 9.59 Å². The molecule has 1 aromatic carbocycles. The lowest BCUT2D eigenvalue weighted by molar-refractivity contribution is -0.115. The number of thiazole rings is 2. The second-order valence-electron chi connectivity index (χ2n) is 6.86. The van der Waals surface area contributed by atoms with Gasteiger partial charge < -0.3 is 19.4 Å². The molecule has 0 fully saturated rings. The predicted molar refractivity (Wildman–Crippen MR) is 128 cm³/mol. The van der Waals surface area contributed by atoms with Crippen molar-refractivity contribution in [3.05, 3.63) is 40.1 Å². The van der Waals surface area contributed by atoms with Gasteiger partial charge in [-0.05, 0) is 25.1 Å². The molecule has 3 rings (SSSR count). The number of carbonyl (C=O) groups excluding carboxylic acids is 3. The minimum absolute atomic E-state index is 0.237. The summed E-state index contributed by atoms with van der Waals surface area (Å²) in [4.78, 5) is 44.6. The zero-order valence-corrected chi connectivity index (χ0v) is 20.8. The Morgan fingerprint density at radius 3 is 2.71 bits per heavy atom. The number of aromatic nitrogens is 2. The number of hydrogen-bond acceptors (Lipinski definition) is 10. The van der Waals surface area contributed by atoms with Crippen molar-refractivity contribution in [1.82, 2.24) is 9.55 Å². The zero-order chi connectivity index (χ0) is 24.7. The maximum Gasteiger partial charge on any atom is 0.338 e. The lowest BCUT2D eigenvalue weighted by Crippen LogP contribution is -2.28. The van der Waals surface area contributed by atoms with Crippen molar-refractivity contribution in [3.8, 4) is 0 Å². The summed E-state index contributed by atoms with van der Waals surface area (Å²) in [6, 6.07) is 4.94. The summed E-state index contributed by atoms with van der Waals surface area (Å²) in [5.74, 6) is -3.97. The van der Waals surface area contributed by atoms with Crippen LogP contribution in [0.3, 0.4) is 0 Å². The van der Waals surface area contributed by atoms with Crippen LogP contribution in [0.1, 0.15) is 17.3 Å². The molecule has 34 heavy (non-hydrogen) atoms. The molecular weight excluding hydrogens is 504 g/mol. The molecule has 11 nitrogen and oxygen atoms in total. The van der Waals surface area contributed by atoms with Crippen LogP contribution in [0.4, 0.5) is 5.13 Å². The summed E-state index contributed by atoms with van der Waals surface area (Å²) in [5, 5.41) is 4.27. The highest BCUT2D eigenvalue weighted by Crippen LogP contribution is 2.20. The molecule has 0 atom stereocenters. The molecule has 182 valence electrons. The van der Waals surface area contributed by atoms with Gasteiger partial charge >= 0.3 is 5.97 Å². The maximum absolute atomic E-state index is 12.5. The summed E-state index contributed by atoms with van der Waals surface area (Å²) in [6.07, 6.45) is 1.47. The highest BCUT2D eigenvalue weighted by atomic mass is 32.2. The number of amides is 2. The summed E-state index contributed by atoms with van der Waals surface area (Å²) in [6.45, 7) is 2.62. The number of ether oxygens (including phenoxy) is 2. The molecule has 0 radical (unpaired) electrons. The second-order valence-corrected chi connectivity index (χ2v) is 10.8. The van der Waals surface area contributed by atoms with Crippen molar-refractivity contribution in [2.24, 2.45) is 4.99 Å². The van der Waals surface area contributed by atoms with Gasteiger partial charge in [0.25, 0.3) is 5.91 Å². The van der Waals surface area contributed by atoms with Crippen molar-refractivity contribution >= 4 is 65.6 Å². The van der Waals surface area contributed by atoms with Crippen molar-refractivity contribution in [2.75, 3.05) is 37.1 Å². The van der Waals surface area contributed by atoms with Crippen molar-refractivity contribution in [3.63, 3.8) is 0 Å². The fourth-order valence-corrected chi connectivity index (χ4v) is 5.59. The number of methoxy groups -OCH3 is 1. The van der Waals surface area contributed by atoms with Gasteiger partial charge in [-0.15, -0.1) is 11.3 Å². The quantitative estimate of drug-likeness (QED) is 0.391. The average molecular weight is 527 g/mol. The fraction of sp³-hybridized carbons (Fsp3) is 0.350. The van der Waals surface area contributed by atoms with E-state index in [0.717, 1.165) is 22.7 Å². The van der Waals surface area contributed by atoms with Gasteiger partial charge in [0.1, 0.15) is 11.5 Å². The van der Waals surface area contributed by atoms with Gasteiger partial charge in [-0.25, -0.2) is 18.2 Å². The molecule has 2 heterocycles. The molecule has 0 saturated heterocycles. The van der Waals surface area contributed by atoms with Crippen molar-refractivity contribution in [2.45, 2.75) is 13.5 Å². The highest BCUT2D eigenvalue weighted by molar-refractivity contribution is 7.92. The number of esters is 1. The number of benzene rings is 1. The molecule has 0 unspecified atom stereocenters. The first kappa shape index (κ1) is 25.7. The van der Waals surface area contributed by atoms with Gasteiger partial charge in [0, 0.05) is 25.2 Å². The second kappa shape index (κ2) is 11.5. The number of sulfone groups is 1. The van der Waals surface area contributed by atoms with E-state index in [1.165, 1.54) is 13.3 Å². The van der Waals surface area contributed by atoms with Crippen LogP contribution in [0.5, 0.6) is 0 Å². The first-order valence-electron chi connectivity index (χ1n) is 9.99. The molecule has 3 aromatic rings. The van der Waals surface area contributed by atoms with E-state index in [4.69, 9.17) is 9.47 Å². The summed E-state index contributed by atoms with van der Waals surface area (Å²) in [5.41, 5.74) is 1.05. The Kier molecular flexibility index (Phi) is 8.66. The molecular formula is C20H22N4O7S3. The first-order valence-corrected chi connectivity index (χ1v) is 13.5. The third-order valence-corrected chi connectivity index (χ3v) is 7.42. The lowest BCUT2D eigenvalue weighted by atomic mass is 10.2. The van der Waals surface area contributed by atoms with E-state index in [-0.39, 0.29) is 16.5 Å². The molecule has 14 heteroatoms. The minimum atomic E-state index is -4.06. The van der Waals surface area contributed by atoms with E-state index in [0.29, 0.717) is 28.9 Å². The fourth-order valence-electron chi connectivity index (χ4n) is 2.92. The zero-order valence-electron chi connectivity index (χ0n) is 18.3. The number of anilines is 1. The van der Waals surface area contributed by atoms with Crippen LogP contribution in [0.25, 0.3) is 10.2 Å². The molecule has 0 aliphatic heterocycles. The Labute approximate surface area is 203 Å². The van der Waals surface area contributed by atoms with Crippen LogP contribution in [-0.4, -0.2) is 67.6 Å². The molecule has 2 aromatic heterocycles. The van der Waals surface area contributed by atoms with E-state index in [1.54, 1.807) is 35.1 Å². The summed E-state index contributed by atoms with van der Waals surface area (Å²) in [7, 11) is -2.53. The van der Waals surface area contributed by atoms with Crippen LogP contribution in [0.2, 0.25) is 0 Å². The van der Waals surface area contributed by atoms with E-state index >= 15 is 0 Å². The van der Waals surface area contributed by atoms with E-state index < -0.39 is 39.1 Å². The van der Waals surface area contributed by atoms with Gasteiger partial charge in [-0.1, -0.05) is 11.3 Å². The normalized spacial score (nSPS) is 12.1. The molecule has 2 amide bonds. The molecule has 0 bridgehead atoms. The number of fused-ring (bicyclic) bond motifs is 1.